The van der Waals surface area contributed by atoms with Crippen LogP contribution in [0, 0.1) is 6.92 Å². The Balaban J connectivity index is 1.50. The van der Waals surface area contributed by atoms with E-state index in [0.29, 0.717) is 11.3 Å². The van der Waals surface area contributed by atoms with Crippen LogP contribution >= 0.6 is 0 Å². The Morgan fingerprint density at radius 1 is 0.935 bits per heavy atom. The van der Waals surface area contributed by atoms with Gasteiger partial charge in [-0.1, -0.05) is 6.42 Å². The van der Waals surface area contributed by atoms with Crippen molar-refractivity contribution in [3.05, 3.63) is 63.3 Å². The van der Waals surface area contributed by atoms with Crippen molar-refractivity contribution in [3.8, 4) is 11.3 Å². The van der Waals surface area contributed by atoms with Gasteiger partial charge in [0, 0.05) is 35.1 Å². The quantitative estimate of drug-likeness (QED) is 0.421. The molecule has 0 saturated carbocycles. The average molecular weight is 415 g/mol. The number of fused-ring (bicyclic) bond motifs is 3. The first kappa shape index (κ1) is 18.8. The van der Waals surface area contributed by atoms with Gasteiger partial charge >= 0.3 is 5.63 Å². The second-order valence-electron chi connectivity index (χ2n) is 9.01. The molecule has 31 heavy (non-hydrogen) atoms. The standard InChI is InChI=1S/C26H26N2O3/c1-16-26-20(19(14-27-16)15-28-8-3-2-4-9-28)12-24(31-26)22-13-25(29)30-23-11-18-7-5-6-17(18)10-21(22)23/h10-14H,2-9,15H2,1H3. The van der Waals surface area contributed by atoms with E-state index >= 15 is 0 Å². The molecule has 3 aromatic heterocycles. The number of hydrogen-bond acceptors (Lipinski definition) is 5. The summed E-state index contributed by atoms with van der Waals surface area (Å²) in [6.07, 6.45) is 9.10. The number of pyridine rings is 1. The second-order valence-corrected chi connectivity index (χ2v) is 9.01. The van der Waals surface area contributed by atoms with Crippen molar-refractivity contribution < 1.29 is 8.83 Å². The minimum absolute atomic E-state index is 0.343. The van der Waals surface area contributed by atoms with Crippen molar-refractivity contribution in [2.45, 2.75) is 52.0 Å². The number of nitrogens with zero attached hydrogens (tertiary/aromatic N) is 2. The zero-order chi connectivity index (χ0) is 20.9. The number of benzene rings is 1. The summed E-state index contributed by atoms with van der Waals surface area (Å²) in [4.78, 5) is 19.5. The van der Waals surface area contributed by atoms with E-state index in [1.54, 1.807) is 6.07 Å². The maximum Gasteiger partial charge on any atom is 0.336 e. The Morgan fingerprint density at radius 3 is 2.58 bits per heavy atom. The lowest BCUT2D eigenvalue weighted by Crippen LogP contribution is -2.29. The number of likely N-dealkylation sites (tertiary alicyclic amines) is 1. The summed E-state index contributed by atoms with van der Waals surface area (Å²) >= 11 is 0. The summed E-state index contributed by atoms with van der Waals surface area (Å²) in [5.74, 6) is 0.710. The third kappa shape index (κ3) is 3.28. The highest BCUT2D eigenvalue weighted by Crippen LogP contribution is 2.37. The number of aromatic nitrogens is 1. The minimum atomic E-state index is -0.343. The minimum Gasteiger partial charge on any atom is -0.454 e. The molecule has 1 saturated heterocycles. The zero-order valence-corrected chi connectivity index (χ0v) is 17.9. The fourth-order valence-electron chi connectivity index (χ4n) is 5.25. The summed E-state index contributed by atoms with van der Waals surface area (Å²) in [5, 5.41) is 2.04. The van der Waals surface area contributed by atoms with Gasteiger partial charge in [0.1, 0.15) is 11.3 Å². The summed E-state index contributed by atoms with van der Waals surface area (Å²) in [6.45, 7) is 5.13. The van der Waals surface area contributed by atoms with Crippen LogP contribution in [-0.2, 0) is 19.4 Å². The Morgan fingerprint density at radius 2 is 1.74 bits per heavy atom. The third-order valence-electron chi connectivity index (χ3n) is 6.89. The Labute approximate surface area is 180 Å². The molecule has 0 radical (unpaired) electrons. The lowest BCUT2D eigenvalue weighted by molar-refractivity contribution is 0.221. The van der Waals surface area contributed by atoms with Crippen LogP contribution in [0.1, 0.15) is 48.1 Å². The molecule has 0 spiro atoms. The van der Waals surface area contributed by atoms with Crippen molar-refractivity contribution in [1.29, 1.82) is 0 Å². The van der Waals surface area contributed by atoms with Crippen molar-refractivity contribution in [3.63, 3.8) is 0 Å². The summed E-state index contributed by atoms with van der Waals surface area (Å²) in [6, 6.07) is 7.88. The van der Waals surface area contributed by atoms with Gasteiger partial charge in [0.25, 0.3) is 0 Å². The zero-order valence-electron chi connectivity index (χ0n) is 17.9. The molecule has 2 aliphatic rings. The van der Waals surface area contributed by atoms with Gasteiger partial charge in [0.15, 0.2) is 5.58 Å². The van der Waals surface area contributed by atoms with Crippen molar-refractivity contribution in [2.24, 2.45) is 0 Å². The Hall–Kier alpha value is -2.92. The monoisotopic (exact) mass is 414 g/mol. The second kappa shape index (κ2) is 7.34. The smallest absolute Gasteiger partial charge is 0.336 e. The first-order valence-corrected chi connectivity index (χ1v) is 11.4. The Bertz CT molecular complexity index is 1360. The molecular weight excluding hydrogens is 388 g/mol. The molecule has 5 heteroatoms. The number of aryl methyl sites for hydroxylation is 3. The van der Waals surface area contributed by atoms with Crippen LogP contribution in [0.25, 0.3) is 33.3 Å². The van der Waals surface area contributed by atoms with E-state index in [4.69, 9.17) is 8.83 Å². The van der Waals surface area contributed by atoms with E-state index < -0.39 is 0 Å². The molecule has 0 atom stereocenters. The van der Waals surface area contributed by atoms with E-state index in [-0.39, 0.29) is 5.63 Å². The topological polar surface area (TPSA) is 59.5 Å². The lowest BCUT2D eigenvalue weighted by atomic mass is 10.0. The molecule has 5 nitrogen and oxygen atoms in total. The van der Waals surface area contributed by atoms with Crippen LogP contribution in [0.15, 0.2) is 44.1 Å². The fraction of sp³-hybridized carbons (Fsp3) is 0.385. The van der Waals surface area contributed by atoms with Gasteiger partial charge in [-0.3, -0.25) is 9.88 Å². The molecule has 0 N–H and O–H groups in total. The van der Waals surface area contributed by atoms with Crippen molar-refractivity contribution in [1.82, 2.24) is 9.88 Å². The maximum atomic E-state index is 12.4. The number of rotatable bonds is 3. The highest BCUT2D eigenvalue weighted by Gasteiger charge is 2.20. The van der Waals surface area contributed by atoms with Gasteiger partial charge < -0.3 is 8.83 Å². The molecule has 1 aliphatic carbocycles. The van der Waals surface area contributed by atoms with E-state index in [9.17, 15) is 4.79 Å². The first-order valence-electron chi connectivity index (χ1n) is 11.4. The normalized spacial score (nSPS) is 16.9. The van der Waals surface area contributed by atoms with Crippen LogP contribution in [-0.4, -0.2) is 23.0 Å². The van der Waals surface area contributed by atoms with E-state index in [2.05, 4.69) is 22.0 Å². The predicted octanol–water partition coefficient (Wildman–Crippen LogP) is 5.38. The number of piperidine rings is 1. The molecule has 6 rings (SSSR count). The maximum absolute atomic E-state index is 12.4. The largest absolute Gasteiger partial charge is 0.454 e. The molecular formula is C26H26N2O3. The van der Waals surface area contributed by atoms with Crippen LogP contribution < -0.4 is 5.63 Å². The summed E-state index contributed by atoms with van der Waals surface area (Å²) < 4.78 is 11.9. The van der Waals surface area contributed by atoms with Gasteiger partial charge in [0.05, 0.1) is 5.69 Å². The van der Waals surface area contributed by atoms with Crippen LogP contribution in [0.5, 0.6) is 0 Å². The van der Waals surface area contributed by atoms with Crippen molar-refractivity contribution >= 4 is 21.9 Å². The molecule has 0 unspecified atom stereocenters. The molecule has 1 aromatic carbocycles. The Kier molecular flexibility index (Phi) is 4.46. The molecule has 1 fully saturated rings. The SMILES string of the molecule is Cc1ncc(CN2CCCCC2)c2cc(-c3cc(=O)oc4cc5c(cc34)CCC5)oc12. The molecule has 0 bridgehead atoms. The van der Waals surface area contributed by atoms with E-state index in [0.717, 1.165) is 66.5 Å². The van der Waals surface area contributed by atoms with Crippen LogP contribution in [0.2, 0.25) is 0 Å². The van der Waals surface area contributed by atoms with Gasteiger partial charge in [-0.2, -0.15) is 0 Å². The van der Waals surface area contributed by atoms with Crippen LogP contribution in [0.3, 0.4) is 0 Å². The summed E-state index contributed by atoms with van der Waals surface area (Å²) in [7, 11) is 0. The van der Waals surface area contributed by atoms with E-state index in [1.165, 1.54) is 36.0 Å². The molecule has 0 amide bonds. The highest BCUT2D eigenvalue weighted by molar-refractivity contribution is 5.96. The van der Waals surface area contributed by atoms with Gasteiger partial charge in [-0.25, -0.2) is 4.79 Å². The van der Waals surface area contributed by atoms with Gasteiger partial charge in [-0.05, 0) is 87.0 Å². The summed E-state index contributed by atoms with van der Waals surface area (Å²) in [5.41, 5.74) is 6.62. The number of hydrogen-bond donors (Lipinski definition) is 0. The predicted molar refractivity (Wildman–Crippen MR) is 121 cm³/mol. The first-order chi connectivity index (χ1) is 15.2. The third-order valence-corrected chi connectivity index (χ3v) is 6.89. The lowest BCUT2D eigenvalue weighted by Gasteiger charge is -2.26. The highest BCUT2D eigenvalue weighted by atomic mass is 16.4. The van der Waals surface area contributed by atoms with Crippen molar-refractivity contribution in [2.75, 3.05) is 13.1 Å². The molecule has 4 heterocycles. The van der Waals surface area contributed by atoms with E-state index in [1.807, 2.05) is 19.2 Å². The average Bonchev–Trinajstić information content (AvgIpc) is 3.42. The number of furan rings is 1. The fourth-order valence-corrected chi connectivity index (χ4v) is 5.25. The molecule has 4 aromatic rings. The molecule has 1 aliphatic heterocycles. The van der Waals surface area contributed by atoms with Gasteiger partial charge in [-0.15, -0.1) is 0 Å². The van der Waals surface area contributed by atoms with Gasteiger partial charge in [0.2, 0.25) is 0 Å². The van der Waals surface area contributed by atoms with Crippen LogP contribution in [0.4, 0.5) is 0 Å². The molecule has 158 valence electrons.